The monoisotopic (exact) mass is 432 g/mol. The molecule has 0 aliphatic rings. The van der Waals surface area contributed by atoms with Crippen molar-refractivity contribution < 1.29 is 9.53 Å². The van der Waals surface area contributed by atoms with Crippen LogP contribution < -0.4 is 0 Å². The number of para-hydroxylation sites is 1. The molecule has 0 N–H and O–H groups in total. The van der Waals surface area contributed by atoms with E-state index in [0.29, 0.717) is 10.6 Å². The molecule has 0 amide bonds. The van der Waals surface area contributed by atoms with Crippen LogP contribution in [0.4, 0.5) is 0 Å². The van der Waals surface area contributed by atoms with E-state index < -0.39 is 0 Å². The fraction of sp³-hybridized carbons (Fsp3) is 0.0909. The van der Waals surface area contributed by atoms with Crippen molar-refractivity contribution in [3.05, 3.63) is 82.4 Å². The normalized spacial score (nSPS) is 11.1. The molecule has 0 fully saturated rings. The number of pyridine rings is 1. The highest BCUT2D eigenvalue weighted by atomic mass is 32.1. The van der Waals surface area contributed by atoms with E-state index in [1.165, 1.54) is 22.7 Å². The number of aromatic nitrogens is 4. The molecule has 8 heteroatoms. The highest BCUT2D eigenvalue weighted by molar-refractivity contribution is 7.20. The van der Waals surface area contributed by atoms with Gasteiger partial charge in [0, 0.05) is 17.0 Å². The summed E-state index contributed by atoms with van der Waals surface area (Å²) >= 11 is 2.87. The molecule has 148 valence electrons. The van der Waals surface area contributed by atoms with E-state index >= 15 is 0 Å². The van der Waals surface area contributed by atoms with Crippen LogP contribution >= 0.6 is 22.7 Å². The van der Waals surface area contributed by atoms with E-state index in [2.05, 4.69) is 15.1 Å². The van der Waals surface area contributed by atoms with Gasteiger partial charge >= 0.3 is 5.97 Å². The highest BCUT2D eigenvalue weighted by Crippen LogP contribution is 2.31. The standard InChI is InChI=1S/C22H16N4O2S2/c1-14-17-11-19(30-21(17)26(25-14)16-7-3-2-4-8-16)22(27)28-12-15-13-29-20(24-15)18-9-5-6-10-23-18/h2-11,13H,12H2,1H3. The lowest BCUT2D eigenvalue weighted by Crippen LogP contribution is -2.03. The molecule has 5 rings (SSSR count). The maximum Gasteiger partial charge on any atom is 0.348 e. The van der Waals surface area contributed by atoms with E-state index in [9.17, 15) is 4.79 Å². The minimum Gasteiger partial charge on any atom is -0.455 e. The number of thiophene rings is 1. The third-order valence-corrected chi connectivity index (χ3v) is 6.54. The third kappa shape index (κ3) is 3.51. The zero-order chi connectivity index (χ0) is 20.5. The molecule has 5 aromatic rings. The maximum absolute atomic E-state index is 12.6. The van der Waals surface area contributed by atoms with Crippen molar-refractivity contribution in [3.8, 4) is 16.4 Å². The molecular weight excluding hydrogens is 416 g/mol. The molecule has 0 aliphatic heterocycles. The minimum absolute atomic E-state index is 0.125. The van der Waals surface area contributed by atoms with Gasteiger partial charge in [0.05, 0.1) is 22.8 Å². The number of carbonyl (C=O) groups excluding carboxylic acids is 1. The van der Waals surface area contributed by atoms with Crippen LogP contribution in [-0.2, 0) is 11.3 Å². The average Bonchev–Trinajstić information content (AvgIpc) is 3.50. The Hall–Kier alpha value is -3.36. The van der Waals surface area contributed by atoms with Gasteiger partial charge < -0.3 is 4.74 Å². The largest absolute Gasteiger partial charge is 0.455 e. The predicted octanol–water partition coefficient (Wildman–Crippen LogP) is 5.27. The van der Waals surface area contributed by atoms with Gasteiger partial charge in [-0.3, -0.25) is 4.98 Å². The summed E-state index contributed by atoms with van der Waals surface area (Å²) in [5.41, 5.74) is 3.36. The summed E-state index contributed by atoms with van der Waals surface area (Å²) in [6.45, 7) is 2.07. The molecular formula is C22H16N4O2S2. The van der Waals surface area contributed by atoms with Crippen molar-refractivity contribution in [2.24, 2.45) is 0 Å². The molecule has 0 radical (unpaired) electrons. The van der Waals surface area contributed by atoms with Crippen molar-refractivity contribution in [3.63, 3.8) is 0 Å². The number of rotatable bonds is 5. The molecule has 0 saturated heterocycles. The van der Waals surface area contributed by atoms with E-state index in [1.807, 2.05) is 71.6 Å². The van der Waals surface area contributed by atoms with Crippen molar-refractivity contribution >= 4 is 38.9 Å². The number of carbonyl (C=O) groups is 1. The number of esters is 1. The lowest BCUT2D eigenvalue weighted by molar-refractivity contribution is 0.0474. The Bertz CT molecular complexity index is 1320. The molecule has 4 heterocycles. The Balaban J connectivity index is 1.34. The van der Waals surface area contributed by atoms with Crippen LogP contribution in [-0.4, -0.2) is 25.7 Å². The number of fused-ring (bicyclic) bond motifs is 1. The first-order valence-corrected chi connectivity index (χ1v) is 11.0. The van der Waals surface area contributed by atoms with Crippen LogP contribution in [0, 0.1) is 6.92 Å². The van der Waals surface area contributed by atoms with Crippen molar-refractivity contribution in [2.45, 2.75) is 13.5 Å². The summed E-state index contributed by atoms with van der Waals surface area (Å²) in [5, 5.41) is 8.26. The molecule has 30 heavy (non-hydrogen) atoms. The summed E-state index contributed by atoms with van der Waals surface area (Å²) in [4.78, 5) is 22.9. The molecule has 4 aromatic heterocycles. The number of aryl methyl sites for hydroxylation is 1. The van der Waals surface area contributed by atoms with Gasteiger partial charge in [-0.1, -0.05) is 24.3 Å². The molecule has 1 aromatic carbocycles. The van der Waals surface area contributed by atoms with Gasteiger partial charge in [0.15, 0.2) is 0 Å². The molecule has 0 spiro atoms. The van der Waals surface area contributed by atoms with Gasteiger partial charge in [0.25, 0.3) is 0 Å². The summed E-state index contributed by atoms with van der Waals surface area (Å²) in [6, 6.07) is 17.4. The molecule has 0 saturated carbocycles. The fourth-order valence-electron chi connectivity index (χ4n) is 3.08. The third-order valence-electron chi connectivity index (χ3n) is 4.53. The number of nitrogens with zero attached hydrogens (tertiary/aromatic N) is 4. The first-order chi connectivity index (χ1) is 14.7. The van der Waals surface area contributed by atoms with Crippen LogP contribution in [0.2, 0.25) is 0 Å². The Labute approximate surface area is 180 Å². The quantitative estimate of drug-likeness (QED) is 0.354. The fourth-order valence-corrected chi connectivity index (χ4v) is 4.94. The SMILES string of the molecule is Cc1nn(-c2ccccc2)c2sc(C(=O)OCc3csc(-c4ccccn4)n3)cc12. The van der Waals surface area contributed by atoms with Gasteiger partial charge in [-0.15, -0.1) is 22.7 Å². The van der Waals surface area contributed by atoms with Gasteiger partial charge in [-0.05, 0) is 37.3 Å². The van der Waals surface area contributed by atoms with Crippen LogP contribution in [0.15, 0.2) is 66.2 Å². The summed E-state index contributed by atoms with van der Waals surface area (Å²) in [6.07, 6.45) is 1.73. The molecule has 0 bridgehead atoms. The highest BCUT2D eigenvalue weighted by Gasteiger charge is 2.18. The maximum atomic E-state index is 12.6. The summed E-state index contributed by atoms with van der Waals surface area (Å²) < 4.78 is 7.38. The smallest absolute Gasteiger partial charge is 0.348 e. The van der Waals surface area contributed by atoms with Gasteiger partial charge in [0.2, 0.25) is 0 Å². The summed E-state index contributed by atoms with van der Waals surface area (Å²) in [7, 11) is 0. The van der Waals surface area contributed by atoms with Gasteiger partial charge in [-0.25, -0.2) is 14.5 Å². The zero-order valence-electron chi connectivity index (χ0n) is 16.0. The minimum atomic E-state index is -0.359. The van der Waals surface area contributed by atoms with Crippen LogP contribution in [0.25, 0.3) is 26.6 Å². The topological polar surface area (TPSA) is 69.9 Å². The summed E-state index contributed by atoms with van der Waals surface area (Å²) in [5.74, 6) is -0.359. The molecule has 6 nitrogen and oxygen atoms in total. The van der Waals surface area contributed by atoms with Crippen molar-refractivity contribution in [2.75, 3.05) is 0 Å². The molecule has 0 aliphatic carbocycles. The first-order valence-electron chi connectivity index (χ1n) is 9.26. The van der Waals surface area contributed by atoms with Gasteiger partial charge in [-0.2, -0.15) is 5.10 Å². The number of thiazole rings is 1. The Morgan fingerprint density at radius 3 is 2.77 bits per heavy atom. The van der Waals surface area contributed by atoms with E-state index in [4.69, 9.17) is 4.74 Å². The number of ether oxygens (including phenoxy) is 1. The van der Waals surface area contributed by atoms with Crippen molar-refractivity contribution in [1.82, 2.24) is 19.7 Å². The second kappa shape index (κ2) is 7.81. The van der Waals surface area contributed by atoms with E-state index in [-0.39, 0.29) is 12.6 Å². The average molecular weight is 433 g/mol. The Kier molecular flexibility index (Phi) is 4.86. The first kappa shape index (κ1) is 18.7. The number of benzene rings is 1. The zero-order valence-corrected chi connectivity index (χ0v) is 17.6. The second-order valence-electron chi connectivity index (χ2n) is 6.60. The van der Waals surface area contributed by atoms with Crippen molar-refractivity contribution in [1.29, 1.82) is 0 Å². The lowest BCUT2D eigenvalue weighted by Gasteiger charge is -2.02. The van der Waals surface area contributed by atoms with E-state index in [1.54, 1.807) is 6.20 Å². The predicted molar refractivity (Wildman–Crippen MR) is 118 cm³/mol. The molecule has 0 unspecified atom stereocenters. The van der Waals surface area contributed by atoms with Crippen LogP contribution in [0.5, 0.6) is 0 Å². The van der Waals surface area contributed by atoms with Crippen LogP contribution in [0.1, 0.15) is 21.1 Å². The second-order valence-corrected chi connectivity index (χ2v) is 8.49. The van der Waals surface area contributed by atoms with Gasteiger partial charge in [0.1, 0.15) is 21.3 Å². The lowest BCUT2D eigenvalue weighted by atomic mass is 10.3. The molecule has 0 atom stereocenters. The number of hydrogen-bond acceptors (Lipinski definition) is 7. The Morgan fingerprint density at radius 1 is 1.13 bits per heavy atom. The van der Waals surface area contributed by atoms with E-state index in [0.717, 1.165) is 32.3 Å². The number of hydrogen-bond donors (Lipinski definition) is 0. The van der Waals surface area contributed by atoms with Crippen LogP contribution in [0.3, 0.4) is 0 Å². The Morgan fingerprint density at radius 2 is 1.97 bits per heavy atom.